The van der Waals surface area contributed by atoms with Crippen LogP contribution in [-0.4, -0.2) is 12.7 Å². The molecule has 0 heterocycles. The molecule has 14 heavy (non-hydrogen) atoms. The zero-order chi connectivity index (χ0) is 10.6. The van der Waals surface area contributed by atoms with Crippen molar-refractivity contribution in [3.63, 3.8) is 0 Å². The summed E-state index contributed by atoms with van der Waals surface area (Å²) in [5.74, 6) is 0. The second kappa shape index (κ2) is 4.66. The molecule has 0 radical (unpaired) electrons. The summed E-state index contributed by atoms with van der Waals surface area (Å²) >= 11 is 5.75. The van der Waals surface area contributed by atoms with E-state index in [0.717, 1.165) is 0 Å². The number of nitrogens with one attached hydrogen (secondary N) is 1. The van der Waals surface area contributed by atoms with Gasteiger partial charge in [0.25, 0.3) is 0 Å². The third-order valence-corrected chi connectivity index (χ3v) is 1.97. The largest absolute Gasteiger partial charge is 0.401 e. The number of alkyl halides is 3. The average molecular weight is 224 g/mol. The number of hydrogen-bond acceptors (Lipinski definition) is 1. The Bertz CT molecular complexity index is 298. The van der Waals surface area contributed by atoms with Gasteiger partial charge in [-0.25, -0.2) is 0 Å². The SMILES string of the molecule is FC(F)(F)CNCc1ccccc1Cl. The molecule has 0 aliphatic carbocycles. The van der Waals surface area contributed by atoms with Gasteiger partial charge in [-0.2, -0.15) is 13.2 Å². The Morgan fingerprint density at radius 3 is 2.43 bits per heavy atom. The van der Waals surface area contributed by atoms with Gasteiger partial charge in [-0.1, -0.05) is 29.8 Å². The molecule has 1 N–H and O–H groups in total. The quantitative estimate of drug-likeness (QED) is 0.831. The lowest BCUT2D eigenvalue weighted by Crippen LogP contribution is -2.28. The van der Waals surface area contributed by atoms with Crippen molar-refractivity contribution in [2.45, 2.75) is 12.7 Å². The molecular formula is C9H9ClF3N. The topological polar surface area (TPSA) is 12.0 Å². The van der Waals surface area contributed by atoms with E-state index in [9.17, 15) is 13.2 Å². The van der Waals surface area contributed by atoms with E-state index in [2.05, 4.69) is 5.32 Å². The van der Waals surface area contributed by atoms with Gasteiger partial charge >= 0.3 is 6.18 Å². The maximum absolute atomic E-state index is 11.8. The minimum Gasteiger partial charge on any atom is -0.305 e. The Morgan fingerprint density at radius 2 is 1.86 bits per heavy atom. The Kier molecular flexibility index (Phi) is 3.77. The lowest BCUT2D eigenvalue weighted by atomic mass is 10.2. The molecule has 78 valence electrons. The van der Waals surface area contributed by atoms with Gasteiger partial charge in [-0.05, 0) is 11.6 Å². The van der Waals surface area contributed by atoms with Crippen LogP contribution in [-0.2, 0) is 6.54 Å². The third-order valence-electron chi connectivity index (χ3n) is 1.60. The minimum atomic E-state index is -4.18. The van der Waals surface area contributed by atoms with Crippen molar-refractivity contribution in [1.29, 1.82) is 0 Å². The van der Waals surface area contributed by atoms with Crippen LogP contribution in [0.2, 0.25) is 5.02 Å². The first kappa shape index (κ1) is 11.3. The standard InChI is InChI=1S/C9H9ClF3N/c10-8-4-2-1-3-7(8)5-14-6-9(11,12)13/h1-4,14H,5-6H2. The second-order valence-electron chi connectivity index (χ2n) is 2.81. The highest BCUT2D eigenvalue weighted by molar-refractivity contribution is 6.31. The van der Waals surface area contributed by atoms with Crippen LogP contribution in [0, 0.1) is 0 Å². The van der Waals surface area contributed by atoms with Crippen LogP contribution in [0.15, 0.2) is 24.3 Å². The molecule has 0 aliphatic rings. The second-order valence-corrected chi connectivity index (χ2v) is 3.22. The number of halogens is 4. The van der Waals surface area contributed by atoms with Crippen molar-refractivity contribution in [3.8, 4) is 0 Å². The summed E-state index contributed by atoms with van der Waals surface area (Å²) < 4.78 is 35.3. The van der Waals surface area contributed by atoms with E-state index in [0.29, 0.717) is 10.6 Å². The van der Waals surface area contributed by atoms with Gasteiger partial charge in [0.15, 0.2) is 0 Å². The van der Waals surface area contributed by atoms with E-state index in [4.69, 9.17) is 11.6 Å². The summed E-state index contributed by atoms with van der Waals surface area (Å²) in [4.78, 5) is 0. The van der Waals surface area contributed by atoms with Crippen LogP contribution in [0.1, 0.15) is 5.56 Å². The van der Waals surface area contributed by atoms with Crippen molar-refractivity contribution in [1.82, 2.24) is 5.32 Å². The zero-order valence-corrected chi connectivity index (χ0v) is 7.99. The fourth-order valence-electron chi connectivity index (χ4n) is 0.981. The Morgan fingerprint density at radius 1 is 1.21 bits per heavy atom. The van der Waals surface area contributed by atoms with Gasteiger partial charge in [0, 0.05) is 11.6 Å². The molecule has 0 unspecified atom stereocenters. The van der Waals surface area contributed by atoms with Crippen LogP contribution in [0.25, 0.3) is 0 Å². The van der Waals surface area contributed by atoms with Gasteiger partial charge in [0.2, 0.25) is 0 Å². The molecule has 0 bridgehead atoms. The van der Waals surface area contributed by atoms with Crippen molar-refractivity contribution >= 4 is 11.6 Å². The van der Waals surface area contributed by atoms with E-state index in [1.807, 2.05) is 0 Å². The van der Waals surface area contributed by atoms with E-state index < -0.39 is 12.7 Å². The summed E-state index contributed by atoms with van der Waals surface area (Å²) in [6, 6.07) is 6.80. The van der Waals surface area contributed by atoms with Gasteiger partial charge in [-0.15, -0.1) is 0 Å². The molecule has 1 rings (SSSR count). The predicted octanol–water partition coefficient (Wildman–Crippen LogP) is 2.99. The fraction of sp³-hybridized carbons (Fsp3) is 0.333. The van der Waals surface area contributed by atoms with Crippen LogP contribution in [0.4, 0.5) is 13.2 Å². The van der Waals surface area contributed by atoms with Crippen molar-refractivity contribution in [2.24, 2.45) is 0 Å². The molecule has 5 heteroatoms. The molecule has 0 aromatic heterocycles. The van der Waals surface area contributed by atoms with Crippen LogP contribution >= 0.6 is 11.6 Å². The first-order valence-corrected chi connectivity index (χ1v) is 4.38. The zero-order valence-electron chi connectivity index (χ0n) is 7.24. The summed E-state index contributed by atoms with van der Waals surface area (Å²) in [6.45, 7) is -0.878. The highest BCUT2D eigenvalue weighted by Gasteiger charge is 2.26. The molecule has 0 amide bonds. The van der Waals surface area contributed by atoms with Crippen molar-refractivity contribution in [2.75, 3.05) is 6.54 Å². The van der Waals surface area contributed by atoms with Crippen LogP contribution < -0.4 is 5.32 Å². The van der Waals surface area contributed by atoms with Gasteiger partial charge in [0.05, 0.1) is 6.54 Å². The van der Waals surface area contributed by atoms with Crippen LogP contribution in [0.5, 0.6) is 0 Å². The van der Waals surface area contributed by atoms with Gasteiger partial charge in [0.1, 0.15) is 0 Å². The Balaban J connectivity index is 2.43. The Hall–Kier alpha value is -0.740. The lowest BCUT2D eigenvalue weighted by molar-refractivity contribution is -0.125. The predicted molar refractivity (Wildman–Crippen MR) is 49.2 cm³/mol. The minimum absolute atomic E-state index is 0.124. The molecule has 0 aliphatic heterocycles. The number of rotatable bonds is 3. The summed E-state index contributed by atoms with van der Waals surface area (Å²) in [5.41, 5.74) is 0.665. The van der Waals surface area contributed by atoms with E-state index >= 15 is 0 Å². The van der Waals surface area contributed by atoms with Crippen molar-refractivity contribution < 1.29 is 13.2 Å². The molecule has 0 fully saturated rings. The maximum Gasteiger partial charge on any atom is 0.401 e. The fourth-order valence-corrected chi connectivity index (χ4v) is 1.18. The van der Waals surface area contributed by atoms with Crippen molar-refractivity contribution in [3.05, 3.63) is 34.9 Å². The third kappa shape index (κ3) is 3.98. The first-order valence-electron chi connectivity index (χ1n) is 4.00. The Labute approximate surface area is 84.9 Å². The molecule has 0 atom stereocenters. The van der Waals surface area contributed by atoms with E-state index in [1.165, 1.54) is 0 Å². The number of benzene rings is 1. The van der Waals surface area contributed by atoms with E-state index in [-0.39, 0.29) is 6.54 Å². The molecule has 0 saturated carbocycles. The maximum atomic E-state index is 11.8. The molecular weight excluding hydrogens is 215 g/mol. The summed E-state index contributed by atoms with van der Waals surface area (Å²) in [7, 11) is 0. The molecule has 1 aromatic carbocycles. The average Bonchev–Trinajstić information content (AvgIpc) is 2.06. The molecule has 1 nitrogen and oxygen atoms in total. The van der Waals surface area contributed by atoms with E-state index in [1.54, 1.807) is 24.3 Å². The molecule has 0 saturated heterocycles. The van der Waals surface area contributed by atoms with Gasteiger partial charge < -0.3 is 5.32 Å². The normalized spacial score (nSPS) is 11.7. The monoisotopic (exact) mass is 223 g/mol. The highest BCUT2D eigenvalue weighted by Crippen LogP contribution is 2.16. The number of hydrogen-bond donors (Lipinski definition) is 1. The summed E-state index contributed by atoms with van der Waals surface area (Å²) in [6.07, 6.45) is -4.18. The first-order chi connectivity index (χ1) is 6.49. The smallest absolute Gasteiger partial charge is 0.305 e. The summed E-state index contributed by atoms with van der Waals surface area (Å²) in [5, 5.41) is 2.75. The van der Waals surface area contributed by atoms with Crippen LogP contribution in [0.3, 0.4) is 0 Å². The van der Waals surface area contributed by atoms with Gasteiger partial charge in [-0.3, -0.25) is 0 Å². The highest BCUT2D eigenvalue weighted by atomic mass is 35.5. The molecule has 0 spiro atoms. The lowest BCUT2D eigenvalue weighted by Gasteiger charge is -2.08. The molecule has 1 aromatic rings.